The fourth-order valence-corrected chi connectivity index (χ4v) is 2.54. The van der Waals surface area contributed by atoms with Crippen LogP contribution in [0.3, 0.4) is 0 Å². The third-order valence-electron chi connectivity index (χ3n) is 3.66. The van der Waals surface area contributed by atoms with E-state index in [9.17, 15) is 4.39 Å². The molecule has 1 aliphatic rings. The van der Waals surface area contributed by atoms with Crippen LogP contribution in [0.2, 0.25) is 0 Å². The number of aryl methyl sites for hydroxylation is 1. The molecular weight excluding hydrogens is 271 g/mol. The summed E-state index contributed by atoms with van der Waals surface area (Å²) < 4.78 is 25.1. The Kier molecular flexibility index (Phi) is 3.77. The zero-order valence-corrected chi connectivity index (χ0v) is 11.7. The van der Waals surface area contributed by atoms with Crippen LogP contribution in [0, 0.1) is 12.7 Å². The summed E-state index contributed by atoms with van der Waals surface area (Å²) in [6.45, 7) is 2.26. The van der Waals surface area contributed by atoms with Crippen molar-refractivity contribution < 1.29 is 13.9 Å². The van der Waals surface area contributed by atoms with Crippen LogP contribution >= 0.6 is 0 Å². The van der Waals surface area contributed by atoms with Gasteiger partial charge in [-0.3, -0.25) is 5.84 Å². The van der Waals surface area contributed by atoms with E-state index >= 15 is 0 Å². The summed E-state index contributed by atoms with van der Waals surface area (Å²) in [5.74, 6) is 6.75. The van der Waals surface area contributed by atoms with Gasteiger partial charge in [-0.25, -0.2) is 9.82 Å². The Morgan fingerprint density at radius 1 is 1.24 bits per heavy atom. The van der Waals surface area contributed by atoms with Crippen molar-refractivity contribution in [3.05, 3.63) is 59.4 Å². The predicted molar refractivity (Wildman–Crippen MR) is 77.6 cm³/mol. The first-order chi connectivity index (χ1) is 10.2. The van der Waals surface area contributed by atoms with Gasteiger partial charge in [0.25, 0.3) is 0 Å². The van der Waals surface area contributed by atoms with Crippen LogP contribution in [0.25, 0.3) is 0 Å². The monoisotopic (exact) mass is 288 g/mol. The summed E-state index contributed by atoms with van der Waals surface area (Å²) in [6, 6.07) is 11.7. The lowest BCUT2D eigenvalue weighted by Gasteiger charge is -2.32. The van der Waals surface area contributed by atoms with Crippen LogP contribution in [0.1, 0.15) is 17.2 Å². The number of para-hydroxylation sites is 2. The zero-order chi connectivity index (χ0) is 14.8. The highest BCUT2D eigenvalue weighted by molar-refractivity contribution is 5.41. The SMILES string of the molecule is Cc1ccc(F)cc1C(NN)C1COc2ccccc2O1. The van der Waals surface area contributed by atoms with Crippen LogP contribution in [-0.4, -0.2) is 12.7 Å². The van der Waals surface area contributed by atoms with Crippen molar-refractivity contribution in [3.8, 4) is 11.5 Å². The lowest BCUT2D eigenvalue weighted by atomic mass is 9.97. The molecule has 0 aromatic heterocycles. The van der Waals surface area contributed by atoms with E-state index in [-0.39, 0.29) is 18.0 Å². The van der Waals surface area contributed by atoms with Gasteiger partial charge in [-0.05, 0) is 42.3 Å². The number of benzene rings is 2. The highest BCUT2D eigenvalue weighted by Crippen LogP contribution is 2.34. The lowest BCUT2D eigenvalue weighted by Crippen LogP contribution is -2.44. The highest BCUT2D eigenvalue weighted by atomic mass is 19.1. The normalized spacial score (nSPS) is 18.3. The van der Waals surface area contributed by atoms with E-state index in [1.54, 1.807) is 6.07 Å². The topological polar surface area (TPSA) is 56.5 Å². The van der Waals surface area contributed by atoms with E-state index in [4.69, 9.17) is 15.3 Å². The summed E-state index contributed by atoms with van der Waals surface area (Å²) >= 11 is 0. The molecule has 0 aliphatic carbocycles. The summed E-state index contributed by atoms with van der Waals surface area (Å²) in [4.78, 5) is 0. The van der Waals surface area contributed by atoms with Gasteiger partial charge < -0.3 is 9.47 Å². The Balaban J connectivity index is 1.90. The summed E-state index contributed by atoms with van der Waals surface area (Å²) in [5, 5.41) is 0. The predicted octanol–water partition coefficient (Wildman–Crippen LogP) is 2.48. The van der Waals surface area contributed by atoms with E-state index in [1.165, 1.54) is 12.1 Å². The Labute approximate surface area is 122 Å². The maximum absolute atomic E-state index is 13.5. The first-order valence-corrected chi connectivity index (χ1v) is 6.79. The molecule has 3 rings (SSSR count). The fraction of sp³-hybridized carbons (Fsp3) is 0.250. The minimum Gasteiger partial charge on any atom is -0.486 e. The molecule has 3 N–H and O–H groups in total. The van der Waals surface area contributed by atoms with E-state index in [1.807, 2.05) is 31.2 Å². The van der Waals surface area contributed by atoms with E-state index in [2.05, 4.69) is 5.43 Å². The molecule has 0 fully saturated rings. The number of nitrogens with two attached hydrogens (primary N) is 1. The summed E-state index contributed by atoms with van der Waals surface area (Å²) in [6.07, 6.45) is -0.328. The first-order valence-electron chi connectivity index (χ1n) is 6.79. The first kappa shape index (κ1) is 13.9. The Morgan fingerprint density at radius 2 is 2.00 bits per heavy atom. The van der Waals surface area contributed by atoms with Gasteiger partial charge in [-0.2, -0.15) is 0 Å². The molecule has 0 saturated heterocycles. The van der Waals surface area contributed by atoms with Crippen molar-refractivity contribution in [1.82, 2.24) is 5.43 Å². The number of nitrogens with one attached hydrogen (secondary N) is 1. The van der Waals surface area contributed by atoms with Crippen LogP contribution < -0.4 is 20.7 Å². The van der Waals surface area contributed by atoms with E-state index < -0.39 is 0 Å². The minimum absolute atomic E-state index is 0.298. The third-order valence-corrected chi connectivity index (χ3v) is 3.66. The minimum atomic E-state index is -0.353. The second-order valence-corrected chi connectivity index (χ2v) is 5.06. The molecule has 2 aromatic rings. The number of hydrogen-bond acceptors (Lipinski definition) is 4. The molecule has 21 heavy (non-hydrogen) atoms. The molecule has 0 bridgehead atoms. The molecule has 2 unspecified atom stereocenters. The van der Waals surface area contributed by atoms with Gasteiger partial charge in [0.1, 0.15) is 12.4 Å². The summed E-state index contributed by atoms with van der Waals surface area (Å²) in [5.41, 5.74) is 4.43. The molecule has 1 heterocycles. The van der Waals surface area contributed by atoms with Gasteiger partial charge in [0.2, 0.25) is 0 Å². The van der Waals surface area contributed by atoms with Gasteiger partial charge in [-0.15, -0.1) is 0 Å². The van der Waals surface area contributed by atoms with Crippen LogP contribution in [0.15, 0.2) is 42.5 Å². The van der Waals surface area contributed by atoms with Crippen LogP contribution in [0.5, 0.6) is 11.5 Å². The van der Waals surface area contributed by atoms with Crippen LogP contribution in [0.4, 0.5) is 4.39 Å². The van der Waals surface area contributed by atoms with Crippen molar-refractivity contribution in [3.63, 3.8) is 0 Å². The van der Waals surface area contributed by atoms with Gasteiger partial charge in [0.15, 0.2) is 17.6 Å². The zero-order valence-electron chi connectivity index (χ0n) is 11.7. The number of fused-ring (bicyclic) bond motifs is 1. The molecule has 1 aliphatic heterocycles. The van der Waals surface area contributed by atoms with E-state index in [0.29, 0.717) is 18.1 Å². The second kappa shape index (κ2) is 5.71. The lowest BCUT2D eigenvalue weighted by molar-refractivity contribution is 0.0614. The maximum atomic E-state index is 13.5. The summed E-state index contributed by atoms with van der Waals surface area (Å²) in [7, 11) is 0. The Bertz CT molecular complexity index is 648. The Morgan fingerprint density at radius 3 is 2.76 bits per heavy atom. The van der Waals surface area contributed by atoms with Crippen molar-refractivity contribution in [1.29, 1.82) is 0 Å². The second-order valence-electron chi connectivity index (χ2n) is 5.06. The smallest absolute Gasteiger partial charge is 0.161 e. The number of ether oxygens (including phenoxy) is 2. The maximum Gasteiger partial charge on any atom is 0.161 e. The van der Waals surface area contributed by atoms with Gasteiger partial charge in [-0.1, -0.05) is 18.2 Å². The van der Waals surface area contributed by atoms with Crippen molar-refractivity contribution in [2.45, 2.75) is 19.1 Å². The molecule has 2 atom stereocenters. The quantitative estimate of drug-likeness (QED) is 0.673. The molecule has 110 valence electrons. The molecule has 2 aromatic carbocycles. The molecular formula is C16H17FN2O2. The van der Waals surface area contributed by atoms with Crippen molar-refractivity contribution in [2.75, 3.05) is 6.61 Å². The Hall–Kier alpha value is -2.11. The number of hydrazine groups is 1. The standard InChI is InChI=1S/C16H17FN2O2/c1-10-6-7-11(17)8-12(10)16(19-18)15-9-20-13-4-2-3-5-14(13)21-15/h2-8,15-16,19H,9,18H2,1H3. The number of rotatable bonds is 3. The van der Waals surface area contributed by atoms with Crippen molar-refractivity contribution >= 4 is 0 Å². The number of halogens is 1. The molecule has 5 heteroatoms. The van der Waals surface area contributed by atoms with Gasteiger partial charge >= 0.3 is 0 Å². The molecule has 0 amide bonds. The third kappa shape index (κ3) is 2.70. The van der Waals surface area contributed by atoms with Gasteiger partial charge in [0.05, 0.1) is 6.04 Å². The van der Waals surface area contributed by atoms with Gasteiger partial charge in [0, 0.05) is 0 Å². The van der Waals surface area contributed by atoms with E-state index in [0.717, 1.165) is 11.1 Å². The van der Waals surface area contributed by atoms with Crippen molar-refractivity contribution in [2.24, 2.45) is 5.84 Å². The molecule has 0 saturated carbocycles. The molecule has 0 spiro atoms. The fourth-order valence-electron chi connectivity index (χ4n) is 2.54. The largest absolute Gasteiger partial charge is 0.486 e. The molecule has 0 radical (unpaired) electrons. The van der Waals surface area contributed by atoms with Crippen LogP contribution in [-0.2, 0) is 0 Å². The molecule has 4 nitrogen and oxygen atoms in total. The highest BCUT2D eigenvalue weighted by Gasteiger charge is 2.30. The number of hydrogen-bond donors (Lipinski definition) is 2. The average molecular weight is 288 g/mol. The average Bonchev–Trinajstić information content (AvgIpc) is 2.51.